The zero-order valence-corrected chi connectivity index (χ0v) is 20.4. The second-order valence-corrected chi connectivity index (χ2v) is 10.8. The van der Waals surface area contributed by atoms with Crippen molar-refractivity contribution in [2.75, 3.05) is 23.8 Å². The summed E-state index contributed by atoms with van der Waals surface area (Å²) in [5.41, 5.74) is 3.00. The third-order valence-corrected chi connectivity index (χ3v) is 8.40. The molecule has 1 heterocycles. The Bertz CT molecular complexity index is 1460. The van der Waals surface area contributed by atoms with E-state index in [1.807, 2.05) is 37.3 Å². The number of nitrogens with one attached hydrogen (secondary N) is 1. The summed E-state index contributed by atoms with van der Waals surface area (Å²) in [5.74, 6) is 0.439. The summed E-state index contributed by atoms with van der Waals surface area (Å²) in [4.78, 5) is 13.5. The molecule has 170 valence electrons. The maximum absolute atomic E-state index is 13.2. The Hall–Kier alpha value is -3.36. The largest absolute Gasteiger partial charge is 0.496 e. The van der Waals surface area contributed by atoms with E-state index in [1.54, 1.807) is 44.4 Å². The minimum absolute atomic E-state index is 0.187. The second-order valence-electron chi connectivity index (χ2n) is 7.71. The van der Waals surface area contributed by atoms with Gasteiger partial charge in [0.25, 0.3) is 15.9 Å². The molecule has 1 amide bonds. The SMILES string of the molecule is COc1ccc(S(=O)(=O)N(C)c2ccc3sc(C(=O)Nc4ccccc4C)cc3c2)cc1C. The van der Waals surface area contributed by atoms with Crippen molar-refractivity contribution in [3.05, 3.63) is 82.7 Å². The van der Waals surface area contributed by atoms with Gasteiger partial charge < -0.3 is 10.1 Å². The van der Waals surface area contributed by atoms with Gasteiger partial charge in [0.2, 0.25) is 0 Å². The van der Waals surface area contributed by atoms with Gasteiger partial charge in [0.05, 0.1) is 22.6 Å². The molecule has 0 atom stereocenters. The molecule has 0 saturated heterocycles. The first-order valence-corrected chi connectivity index (χ1v) is 12.5. The van der Waals surface area contributed by atoms with E-state index in [0.29, 0.717) is 16.3 Å². The number of fused-ring (bicyclic) bond motifs is 1. The number of hydrogen-bond donors (Lipinski definition) is 1. The van der Waals surface area contributed by atoms with Crippen LogP contribution in [-0.2, 0) is 10.0 Å². The molecule has 33 heavy (non-hydrogen) atoms. The molecule has 8 heteroatoms. The van der Waals surface area contributed by atoms with Crippen LogP contribution in [0.4, 0.5) is 11.4 Å². The Kier molecular flexibility index (Phi) is 6.14. The van der Waals surface area contributed by atoms with E-state index in [0.717, 1.165) is 26.9 Å². The molecule has 1 aromatic heterocycles. The van der Waals surface area contributed by atoms with Crippen LogP contribution in [0.1, 0.15) is 20.8 Å². The Morgan fingerprint density at radius 2 is 1.73 bits per heavy atom. The Morgan fingerprint density at radius 1 is 0.970 bits per heavy atom. The van der Waals surface area contributed by atoms with Gasteiger partial charge in [-0.2, -0.15) is 0 Å². The van der Waals surface area contributed by atoms with E-state index >= 15 is 0 Å². The quantitative estimate of drug-likeness (QED) is 0.390. The minimum Gasteiger partial charge on any atom is -0.496 e. The Balaban J connectivity index is 1.62. The fourth-order valence-electron chi connectivity index (χ4n) is 3.54. The molecule has 3 aromatic carbocycles. The number of para-hydroxylation sites is 1. The number of anilines is 2. The van der Waals surface area contributed by atoms with Crippen molar-refractivity contribution in [3.8, 4) is 5.75 Å². The molecule has 0 unspecified atom stereocenters. The highest BCUT2D eigenvalue weighted by atomic mass is 32.2. The third kappa shape index (κ3) is 4.44. The van der Waals surface area contributed by atoms with Crippen LogP contribution in [0, 0.1) is 13.8 Å². The lowest BCUT2D eigenvalue weighted by Crippen LogP contribution is -2.26. The van der Waals surface area contributed by atoms with Gasteiger partial charge in [-0.05, 0) is 78.9 Å². The van der Waals surface area contributed by atoms with E-state index in [-0.39, 0.29) is 10.8 Å². The van der Waals surface area contributed by atoms with Gasteiger partial charge in [-0.1, -0.05) is 18.2 Å². The molecular formula is C25H24N2O4S2. The van der Waals surface area contributed by atoms with Crippen LogP contribution in [0.5, 0.6) is 5.75 Å². The van der Waals surface area contributed by atoms with Crippen LogP contribution in [0.2, 0.25) is 0 Å². The van der Waals surface area contributed by atoms with Crippen molar-refractivity contribution < 1.29 is 17.9 Å². The number of thiophene rings is 1. The molecule has 0 spiro atoms. The number of methoxy groups -OCH3 is 1. The molecule has 0 aliphatic rings. The highest BCUT2D eigenvalue weighted by molar-refractivity contribution is 7.92. The summed E-state index contributed by atoms with van der Waals surface area (Å²) in [7, 11) is -0.689. The van der Waals surface area contributed by atoms with E-state index in [1.165, 1.54) is 28.8 Å². The van der Waals surface area contributed by atoms with E-state index in [9.17, 15) is 13.2 Å². The standard InChI is InChI=1S/C25H24N2O4S2/c1-16-7-5-6-8-21(16)26-25(28)24-15-18-14-19(9-12-23(18)32-24)27(3)33(29,30)20-10-11-22(31-4)17(2)13-20/h5-15H,1-4H3,(H,26,28). The number of sulfonamides is 1. The number of benzene rings is 3. The number of rotatable bonds is 6. The fraction of sp³-hybridized carbons (Fsp3) is 0.160. The number of hydrogen-bond acceptors (Lipinski definition) is 5. The van der Waals surface area contributed by atoms with Crippen molar-refractivity contribution in [2.24, 2.45) is 0 Å². The third-order valence-electron chi connectivity index (χ3n) is 5.51. The second kappa shape index (κ2) is 8.88. The predicted molar refractivity (Wildman–Crippen MR) is 134 cm³/mol. The number of aryl methyl sites for hydroxylation is 2. The zero-order chi connectivity index (χ0) is 23.8. The van der Waals surface area contributed by atoms with Gasteiger partial charge in [0, 0.05) is 17.4 Å². The molecule has 0 fully saturated rings. The average molecular weight is 481 g/mol. The topological polar surface area (TPSA) is 75.7 Å². The van der Waals surface area contributed by atoms with Crippen LogP contribution < -0.4 is 14.4 Å². The first-order chi connectivity index (χ1) is 15.7. The van der Waals surface area contributed by atoms with E-state index < -0.39 is 10.0 Å². The maximum atomic E-state index is 13.2. The van der Waals surface area contributed by atoms with Gasteiger partial charge in [-0.25, -0.2) is 8.42 Å². The van der Waals surface area contributed by atoms with Gasteiger partial charge in [-0.15, -0.1) is 11.3 Å². The molecule has 0 saturated carbocycles. The number of amides is 1. The highest BCUT2D eigenvalue weighted by Crippen LogP contribution is 2.32. The zero-order valence-electron chi connectivity index (χ0n) is 18.7. The Morgan fingerprint density at radius 3 is 2.42 bits per heavy atom. The van der Waals surface area contributed by atoms with Gasteiger partial charge in [0.15, 0.2) is 0 Å². The molecule has 1 N–H and O–H groups in total. The number of ether oxygens (including phenoxy) is 1. The summed E-state index contributed by atoms with van der Waals surface area (Å²) in [5, 5.41) is 3.75. The normalized spacial score (nSPS) is 11.4. The molecule has 4 aromatic rings. The predicted octanol–water partition coefficient (Wildman–Crippen LogP) is 5.60. The van der Waals surface area contributed by atoms with Crippen LogP contribution in [0.3, 0.4) is 0 Å². The lowest BCUT2D eigenvalue weighted by atomic mass is 10.2. The summed E-state index contributed by atoms with van der Waals surface area (Å²) in [6.45, 7) is 3.74. The lowest BCUT2D eigenvalue weighted by molar-refractivity contribution is 0.103. The van der Waals surface area contributed by atoms with Gasteiger partial charge >= 0.3 is 0 Å². The van der Waals surface area contributed by atoms with Crippen LogP contribution in [-0.4, -0.2) is 28.5 Å². The summed E-state index contributed by atoms with van der Waals surface area (Å²) >= 11 is 1.37. The molecule has 4 rings (SSSR count). The van der Waals surface area contributed by atoms with Gasteiger partial charge in [-0.3, -0.25) is 9.10 Å². The van der Waals surface area contributed by atoms with Crippen molar-refractivity contribution in [3.63, 3.8) is 0 Å². The smallest absolute Gasteiger partial charge is 0.265 e. The number of carbonyl (C=O) groups is 1. The minimum atomic E-state index is -3.76. The number of carbonyl (C=O) groups excluding carboxylic acids is 1. The summed E-state index contributed by atoms with van der Waals surface area (Å²) in [6, 6.07) is 19.5. The van der Waals surface area contributed by atoms with Crippen LogP contribution in [0.15, 0.2) is 71.6 Å². The maximum Gasteiger partial charge on any atom is 0.265 e. The van der Waals surface area contributed by atoms with Crippen molar-refractivity contribution >= 4 is 48.7 Å². The van der Waals surface area contributed by atoms with Crippen molar-refractivity contribution in [2.45, 2.75) is 18.7 Å². The molecule has 0 aliphatic heterocycles. The first kappa shape index (κ1) is 22.8. The first-order valence-electron chi connectivity index (χ1n) is 10.2. The van der Waals surface area contributed by atoms with Gasteiger partial charge in [0.1, 0.15) is 5.75 Å². The van der Waals surface area contributed by atoms with Crippen molar-refractivity contribution in [1.29, 1.82) is 0 Å². The van der Waals surface area contributed by atoms with E-state index in [4.69, 9.17) is 4.74 Å². The van der Waals surface area contributed by atoms with Crippen molar-refractivity contribution in [1.82, 2.24) is 0 Å². The van der Waals surface area contributed by atoms with E-state index in [2.05, 4.69) is 5.32 Å². The number of nitrogens with zero attached hydrogens (tertiary/aromatic N) is 1. The monoisotopic (exact) mass is 480 g/mol. The molecular weight excluding hydrogens is 456 g/mol. The highest BCUT2D eigenvalue weighted by Gasteiger charge is 2.23. The lowest BCUT2D eigenvalue weighted by Gasteiger charge is -2.20. The van der Waals surface area contributed by atoms with Crippen LogP contribution >= 0.6 is 11.3 Å². The molecule has 0 radical (unpaired) electrons. The molecule has 6 nitrogen and oxygen atoms in total. The average Bonchev–Trinajstić information content (AvgIpc) is 3.23. The Labute approximate surface area is 197 Å². The molecule has 0 bridgehead atoms. The van der Waals surface area contributed by atoms with Crippen LogP contribution in [0.25, 0.3) is 10.1 Å². The fourth-order valence-corrected chi connectivity index (χ4v) is 5.76. The summed E-state index contributed by atoms with van der Waals surface area (Å²) < 4.78 is 33.8. The molecule has 0 aliphatic carbocycles. The summed E-state index contributed by atoms with van der Waals surface area (Å²) in [6.07, 6.45) is 0.